The Morgan fingerprint density at radius 1 is 1.13 bits per heavy atom. The summed E-state index contributed by atoms with van der Waals surface area (Å²) in [5.41, 5.74) is 0.304. The van der Waals surface area contributed by atoms with E-state index in [4.69, 9.17) is 16.7 Å². The van der Waals surface area contributed by atoms with Crippen molar-refractivity contribution >= 4 is 23.6 Å². The SMILES string of the molecule is O=C(O)CCCCCC[C@@H]1[C@@H](CCC(O)C=Cc2cccc(Cl)c2F)[C@H](O)C[C@@H]1O. The summed E-state index contributed by atoms with van der Waals surface area (Å²) in [5.74, 6) is -1.43. The van der Waals surface area contributed by atoms with Crippen LogP contribution >= 0.6 is 11.6 Å². The Labute approximate surface area is 182 Å². The Bertz CT molecular complexity index is 711. The topological polar surface area (TPSA) is 98.0 Å². The van der Waals surface area contributed by atoms with Crippen molar-refractivity contribution in [2.75, 3.05) is 0 Å². The van der Waals surface area contributed by atoms with Crippen LogP contribution in [0.3, 0.4) is 0 Å². The van der Waals surface area contributed by atoms with Crippen LogP contribution < -0.4 is 0 Å². The van der Waals surface area contributed by atoms with E-state index in [0.29, 0.717) is 31.2 Å². The number of carboxylic acids is 1. The van der Waals surface area contributed by atoms with Gasteiger partial charge in [-0.2, -0.15) is 0 Å². The molecule has 7 heteroatoms. The quantitative estimate of drug-likeness (QED) is 0.359. The van der Waals surface area contributed by atoms with Crippen LogP contribution in [-0.4, -0.2) is 44.7 Å². The molecule has 0 heterocycles. The molecule has 0 aromatic heterocycles. The third-order valence-corrected chi connectivity index (χ3v) is 6.27. The summed E-state index contributed by atoms with van der Waals surface area (Å²) in [6, 6.07) is 4.68. The molecule has 1 aliphatic carbocycles. The number of aliphatic hydroxyl groups is 3. The zero-order valence-electron chi connectivity index (χ0n) is 17.1. The first kappa shape index (κ1) is 24.8. The lowest BCUT2D eigenvalue weighted by molar-refractivity contribution is -0.137. The van der Waals surface area contributed by atoms with E-state index in [-0.39, 0.29) is 23.3 Å². The summed E-state index contributed by atoms with van der Waals surface area (Å²) >= 11 is 5.76. The zero-order valence-corrected chi connectivity index (χ0v) is 17.8. The van der Waals surface area contributed by atoms with Crippen LogP contribution in [0.2, 0.25) is 5.02 Å². The Hall–Kier alpha value is -1.47. The number of carbonyl (C=O) groups is 1. The van der Waals surface area contributed by atoms with Gasteiger partial charge in [-0.25, -0.2) is 4.39 Å². The van der Waals surface area contributed by atoms with Gasteiger partial charge in [0.25, 0.3) is 0 Å². The molecule has 4 N–H and O–H groups in total. The van der Waals surface area contributed by atoms with Gasteiger partial charge < -0.3 is 20.4 Å². The normalized spacial score (nSPS) is 25.1. The first-order valence-corrected chi connectivity index (χ1v) is 11.1. The highest BCUT2D eigenvalue weighted by Gasteiger charge is 2.40. The number of halogens is 2. The summed E-state index contributed by atoms with van der Waals surface area (Å²) in [5, 5.41) is 39.6. The van der Waals surface area contributed by atoms with E-state index < -0.39 is 30.1 Å². The molecule has 2 rings (SSSR count). The Kier molecular flexibility index (Phi) is 10.2. The van der Waals surface area contributed by atoms with Crippen LogP contribution in [0.25, 0.3) is 6.08 Å². The molecular weight excluding hydrogens is 411 g/mol. The highest BCUT2D eigenvalue weighted by Crippen LogP contribution is 2.39. The molecule has 1 unspecified atom stereocenters. The molecule has 1 aromatic rings. The van der Waals surface area contributed by atoms with Crippen molar-refractivity contribution in [2.45, 2.75) is 76.1 Å². The minimum absolute atomic E-state index is 0.0268. The fourth-order valence-electron chi connectivity index (χ4n) is 4.31. The highest BCUT2D eigenvalue weighted by molar-refractivity contribution is 6.30. The molecule has 0 aliphatic heterocycles. The molecule has 5 nitrogen and oxygen atoms in total. The summed E-state index contributed by atoms with van der Waals surface area (Å²) in [4.78, 5) is 10.5. The lowest BCUT2D eigenvalue weighted by Gasteiger charge is -2.24. The summed E-state index contributed by atoms with van der Waals surface area (Å²) < 4.78 is 13.9. The molecule has 30 heavy (non-hydrogen) atoms. The Balaban J connectivity index is 1.80. The lowest BCUT2D eigenvalue weighted by Crippen LogP contribution is -2.23. The van der Waals surface area contributed by atoms with Crippen LogP contribution in [0.15, 0.2) is 24.3 Å². The number of hydrogen-bond acceptors (Lipinski definition) is 4. The smallest absolute Gasteiger partial charge is 0.303 e. The molecule has 0 radical (unpaired) electrons. The molecule has 0 saturated heterocycles. The number of carboxylic acid groups (broad SMARTS) is 1. The van der Waals surface area contributed by atoms with Gasteiger partial charge in [-0.05, 0) is 50.0 Å². The largest absolute Gasteiger partial charge is 0.481 e. The number of unbranched alkanes of at least 4 members (excludes halogenated alkanes) is 3. The fourth-order valence-corrected chi connectivity index (χ4v) is 4.50. The molecular formula is C23H32ClFO5. The van der Waals surface area contributed by atoms with Gasteiger partial charge in [0.1, 0.15) is 5.82 Å². The molecule has 1 fully saturated rings. The van der Waals surface area contributed by atoms with Crippen molar-refractivity contribution in [2.24, 2.45) is 11.8 Å². The van der Waals surface area contributed by atoms with Crippen LogP contribution in [0.5, 0.6) is 0 Å². The number of aliphatic carboxylic acids is 1. The average molecular weight is 443 g/mol. The predicted octanol–water partition coefficient (Wildman–Crippen LogP) is 4.42. The zero-order chi connectivity index (χ0) is 22.1. The van der Waals surface area contributed by atoms with Crippen molar-refractivity contribution in [3.05, 3.63) is 40.7 Å². The van der Waals surface area contributed by atoms with Crippen molar-refractivity contribution in [3.8, 4) is 0 Å². The number of aliphatic hydroxyl groups excluding tert-OH is 3. The van der Waals surface area contributed by atoms with Crippen LogP contribution in [0, 0.1) is 17.7 Å². The van der Waals surface area contributed by atoms with Gasteiger partial charge in [0.15, 0.2) is 0 Å². The number of hydrogen-bond donors (Lipinski definition) is 4. The number of rotatable bonds is 12. The van der Waals surface area contributed by atoms with Gasteiger partial charge in [0.05, 0.1) is 23.3 Å². The maximum Gasteiger partial charge on any atom is 0.303 e. The van der Waals surface area contributed by atoms with Crippen molar-refractivity contribution in [3.63, 3.8) is 0 Å². The Morgan fingerprint density at radius 3 is 2.50 bits per heavy atom. The minimum Gasteiger partial charge on any atom is -0.481 e. The fraction of sp³-hybridized carbons (Fsp3) is 0.609. The molecule has 5 atom stereocenters. The maximum absolute atomic E-state index is 13.9. The van der Waals surface area contributed by atoms with Gasteiger partial charge in [0.2, 0.25) is 0 Å². The Morgan fingerprint density at radius 2 is 1.80 bits per heavy atom. The second kappa shape index (κ2) is 12.4. The van der Waals surface area contributed by atoms with E-state index in [9.17, 15) is 24.5 Å². The van der Waals surface area contributed by atoms with Gasteiger partial charge in [-0.15, -0.1) is 0 Å². The maximum atomic E-state index is 13.9. The van der Waals surface area contributed by atoms with Crippen LogP contribution in [-0.2, 0) is 4.79 Å². The van der Waals surface area contributed by atoms with E-state index in [1.165, 1.54) is 18.2 Å². The second-order valence-electron chi connectivity index (χ2n) is 8.19. The molecule has 0 bridgehead atoms. The second-order valence-corrected chi connectivity index (χ2v) is 8.60. The van der Waals surface area contributed by atoms with E-state index in [1.54, 1.807) is 12.1 Å². The predicted molar refractivity (Wildman–Crippen MR) is 115 cm³/mol. The van der Waals surface area contributed by atoms with Crippen LogP contribution in [0.1, 0.15) is 63.4 Å². The third-order valence-electron chi connectivity index (χ3n) is 5.97. The van der Waals surface area contributed by atoms with Crippen molar-refractivity contribution in [1.29, 1.82) is 0 Å². The molecule has 0 amide bonds. The van der Waals surface area contributed by atoms with Gasteiger partial charge in [-0.1, -0.05) is 55.1 Å². The van der Waals surface area contributed by atoms with E-state index >= 15 is 0 Å². The summed E-state index contributed by atoms with van der Waals surface area (Å²) in [7, 11) is 0. The molecule has 1 aromatic carbocycles. The monoisotopic (exact) mass is 442 g/mol. The summed E-state index contributed by atoms with van der Waals surface area (Å²) in [6.07, 6.45) is 6.60. The average Bonchev–Trinajstić information content (AvgIpc) is 2.96. The standard InChI is InChI=1S/C23H32ClFO5/c24-19-8-5-6-15(23(19)25)10-11-16(26)12-13-18-17(20(27)14-21(18)28)7-3-1-2-4-9-22(29)30/h5-6,8,10-11,16-18,20-21,26-28H,1-4,7,9,12-14H2,(H,29,30)/t16?,17-,18-,20+,21-/m1/s1. The molecule has 168 valence electrons. The van der Waals surface area contributed by atoms with Gasteiger partial charge in [0, 0.05) is 12.0 Å². The van der Waals surface area contributed by atoms with E-state index in [1.807, 2.05) is 0 Å². The highest BCUT2D eigenvalue weighted by atomic mass is 35.5. The van der Waals surface area contributed by atoms with Gasteiger partial charge >= 0.3 is 5.97 Å². The van der Waals surface area contributed by atoms with E-state index in [0.717, 1.165) is 25.7 Å². The first-order chi connectivity index (χ1) is 14.3. The van der Waals surface area contributed by atoms with E-state index in [2.05, 4.69) is 0 Å². The van der Waals surface area contributed by atoms with Gasteiger partial charge in [-0.3, -0.25) is 4.79 Å². The number of benzene rings is 1. The molecule has 1 saturated carbocycles. The third kappa shape index (κ3) is 7.65. The van der Waals surface area contributed by atoms with Crippen molar-refractivity contribution < 1.29 is 29.6 Å². The minimum atomic E-state index is -0.787. The lowest BCUT2D eigenvalue weighted by atomic mass is 9.85. The molecule has 1 aliphatic rings. The van der Waals surface area contributed by atoms with Crippen LogP contribution in [0.4, 0.5) is 4.39 Å². The van der Waals surface area contributed by atoms with Crippen molar-refractivity contribution in [1.82, 2.24) is 0 Å². The first-order valence-electron chi connectivity index (χ1n) is 10.7. The summed E-state index contributed by atoms with van der Waals surface area (Å²) in [6.45, 7) is 0. The molecule has 0 spiro atoms.